The highest BCUT2D eigenvalue weighted by molar-refractivity contribution is 5.52. The van der Waals surface area contributed by atoms with E-state index < -0.39 is 5.60 Å². The van der Waals surface area contributed by atoms with Crippen molar-refractivity contribution in [1.29, 1.82) is 0 Å². The predicted molar refractivity (Wildman–Crippen MR) is 91.8 cm³/mol. The van der Waals surface area contributed by atoms with Crippen molar-refractivity contribution >= 4 is 6.08 Å². The summed E-state index contributed by atoms with van der Waals surface area (Å²) in [5.74, 6) is 1.42. The summed E-state index contributed by atoms with van der Waals surface area (Å²) in [6.45, 7) is 0. The Morgan fingerprint density at radius 2 is 1.79 bits per heavy atom. The van der Waals surface area contributed by atoms with Crippen LogP contribution in [-0.4, -0.2) is 17.3 Å². The number of aliphatic hydroxyl groups is 1. The largest absolute Gasteiger partial charge is 0.508 e. The lowest BCUT2D eigenvalue weighted by molar-refractivity contribution is 0.135. The minimum atomic E-state index is -1.42. The summed E-state index contributed by atoms with van der Waals surface area (Å²) in [6.07, 6.45) is 4.91. The SMILES string of the molecule is COc1ccc(C(O)(/C=C/c2ccco2)c2cccc(O)c2)cc1. The lowest BCUT2D eigenvalue weighted by Gasteiger charge is -2.26. The summed E-state index contributed by atoms with van der Waals surface area (Å²) in [4.78, 5) is 0. The van der Waals surface area contributed by atoms with E-state index in [1.165, 1.54) is 6.07 Å². The fraction of sp³-hybridized carbons (Fsp3) is 0.100. The molecule has 0 aliphatic heterocycles. The number of methoxy groups -OCH3 is 1. The zero-order valence-corrected chi connectivity index (χ0v) is 13.2. The molecule has 1 aromatic heterocycles. The molecule has 0 bridgehead atoms. The van der Waals surface area contributed by atoms with Crippen LogP contribution in [0.1, 0.15) is 16.9 Å². The molecule has 0 spiro atoms. The Kier molecular flexibility index (Phi) is 4.40. The molecule has 4 heteroatoms. The van der Waals surface area contributed by atoms with E-state index in [-0.39, 0.29) is 5.75 Å². The van der Waals surface area contributed by atoms with E-state index in [2.05, 4.69) is 0 Å². The van der Waals surface area contributed by atoms with E-state index in [0.29, 0.717) is 22.6 Å². The van der Waals surface area contributed by atoms with E-state index >= 15 is 0 Å². The Morgan fingerprint density at radius 1 is 1.00 bits per heavy atom. The summed E-state index contributed by atoms with van der Waals surface area (Å²) < 4.78 is 10.5. The number of phenolic OH excluding ortho intramolecular Hbond substituents is 1. The van der Waals surface area contributed by atoms with Gasteiger partial charge in [-0.2, -0.15) is 0 Å². The zero-order chi connectivity index (χ0) is 17.0. The molecule has 1 unspecified atom stereocenters. The molecule has 122 valence electrons. The maximum atomic E-state index is 11.4. The van der Waals surface area contributed by atoms with Gasteiger partial charge in [0.25, 0.3) is 0 Å². The Bertz CT molecular complexity index is 819. The normalized spacial score (nSPS) is 13.8. The van der Waals surface area contributed by atoms with Crippen molar-refractivity contribution in [2.24, 2.45) is 0 Å². The van der Waals surface area contributed by atoms with Gasteiger partial charge in [0, 0.05) is 0 Å². The molecule has 0 amide bonds. The van der Waals surface area contributed by atoms with Crippen LogP contribution in [0, 0.1) is 0 Å². The standard InChI is InChI=1S/C20H18O4/c1-23-18-9-7-15(8-10-18)20(22,12-11-19-6-3-13-24-19)16-4-2-5-17(21)14-16/h2-14,21-22H,1H3/b12-11+. The van der Waals surface area contributed by atoms with Gasteiger partial charge >= 0.3 is 0 Å². The number of ether oxygens (including phenoxy) is 1. The van der Waals surface area contributed by atoms with Crippen LogP contribution in [0.15, 0.2) is 77.4 Å². The molecule has 3 rings (SSSR count). The Hall–Kier alpha value is -2.98. The molecule has 3 aromatic rings. The quantitative estimate of drug-likeness (QED) is 0.747. The second-order valence-corrected chi connectivity index (χ2v) is 5.39. The molecule has 1 atom stereocenters. The highest BCUT2D eigenvalue weighted by Crippen LogP contribution is 2.34. The summed E-state index contributed by atoms with van der Waals surface area (Å²) in [6, 6.07) is 17.3. The van der Waals surface area contributed by atoms with Crippen LogP contribution in [-0.2, 0) is 5.60 Å². The van der Waals surface area contributed by atoms with Crippen LogP contribution in [0.25, 0.3) is 6.08 Å². The predicted octanol–water partition coefficient (Wildman–Crippen LogP) is 3.94. The van der Waals surface area contributed by atoms with E-state index in [1.54, 1.807) is 80.1 Å². The molecule has 2 aromatic carbocycles. The first-order valence-corrected chi connectivity index (χ1v) is 7.51. The third-order valence-electron chi connectivity index (χ3n) is 3.85. The van der Waals surface area contributed by atoms with Gasteiger partial charge in [-0.15, -0.1) is 0 Å². The van der Waals surface area contributed by atoms with Crippen molar-refractivity contribution in [2.45, 2.75) is 5.60 Å². The van der Waals surface area contributed by atoms with Crippen molar-refractivity contribution in [2.75, 3.05) is 7.11 Å². The van der Waals surface area contributed by atoms with Gasteiger partial charge in [-0.3, -0.25) is 0 Å². The lowest BCUT2D eigenvalue weighted by Crippen LogP contribution is -2.24. The van der Waals surface area contributed by atoms with Crippen molar-refractivity contribution in [3.05, 3.63) is 89.9 Å². The van der Waals surface area contributed by atoms with Crippen LogP contribution in [0.5, 0.6) is 11.5 Å². The molecule has 0 aliphatic carbocycles. The molecule has 0 saturated heterocycles. The molecule has 1 heterocycles. The van der Waals surface area contributed by atoms with Crippen LogP contribution in [0.4, 0.5) is 0 Å². The van der Waals surface area contributed by atoms with E-state index in [4.69, 9.17) is 9.15 Å². The summed E-state index contributed by atoms with van der Waals surface area (Å²) in [5.41, 5.74) is -0.218. The van der Waals surface area contributed by atoms with Gasteiger partial charge in [0.1, 0.15) is 22.9 Å². The number of hydrogen-bond acceptors (Lipinski definition) is 4. The summed E-state index contributed by atoms with van der Waals surface area (Å²) >= 11 is 0. The number of aromatic hydroxyl groups is 1. The molecule has 24 heavy (non-hydrogen) atoms. The molecular formula is C20H18O4. The first kappa shape index (κ1) is 15.9. The van der Waals surface area contributed by atoms with Gasteiger partial charge in [0.15, 0.2) is 0 Å². The topological polar surface area (TPSA) is 62.8 Å². The average molecular weight is 322 g/mol. The van der Waals surface area contributed by atoms with Gasteiger partial charge in [-0.05, 0) is 59.7 Å². The van der Waals surface area contributed by atoms with Crippen molar-refractivity contribution in [3.63, 3.8) is 0 Å². The fourth-order valence-electron chi connectivity index (χ4n) is 2.54. The van der Waals surface area contributed by atoms with E-state index in [9.17, 15) is 10.2 Å². The number of phenols is 1. The molecule has 0 aliphatic rings. The van der Waals surface area contributed by atoms with Gasteiger partial charge in [-0.25, -0.2) is 0 Å². The molecule has 0 radical (unpaired) electrons. The second kappa shape index (κ2) is 6.64. The second-order valence-electron chi connectivity index (χ2n) is 5.39. The third-order valence-corrected chi connectivity index (χ3v) is 3.85. The summed E-state index contributed by atoms with van der Waals surface area (Å²) in [7, 11) is 1.59. The molecule has 0 saturated carbocycles. The van der Waals surface area contributed by atoms with E-state index in [0.717, 1.165) is 0 Å². The smallest absolute Gasteiger partial charge is 0.134 e. The first-order valence-electron chi connectivity index (χ1n) is 7.51. The molecule has 0 fully saturated rings. The van der Waals surface area contributed by atoms with Gasteiger partial charge in [0.2, 0.25) is 0 Å². The zero-order valence-electron chi connectivity index (χ0n) is 13.2. The monoisotopic (exact) mass is 322 g/mol. The van der Waals surface area contributed by atoms with Crippen LogP contribution in [0.3, 0.4) is 0 Å². The van der Waals surface area contributed by atoms with Gasteiger partial charge in [-0.1, -0.05) is 24.3 Å². The summed E-state index contributed by atoms with van der Waals surface area (Å²) in [5, 5.41) is 21.1. The Labute approximate surface area is 140 Å². The number of benzene rings is 2. The highest BCUT2D eigenvalue weighted by atomic mass is 16.5. The molecule has 2 N–H and O–H groups in total. The average Bonchev–Trinajstić information content (AvgIpc) is 3.13. The Morgan fingerprint density at radius 3 is 2.42 bits per heavy atom. The van der Waals surface area contributed by atoms with Crippen molar-refractivity contribution in [3.8, 4) is 11.5 Å². The maximum Gasteiger partial charge on any atom is 0.134 e. The van der Waals surface area contributed by atoms with Crippen molar-refractivity contribution < 1.29 is 19.4 Å². The highest BCUT2D eigenvalue weighted by Gasteiger charge is 2.29. The minimum Gasteiger partial charge on any atom is -0.508 e. The van der Waals surface area contributed by atoms with E-state index in [1.807, 2.05) is 0 Å². The van der Waals surface area contributed by atoms with Crippen molar-refractivity contribution in [1.82, 2.24) is 0 Å². The Balaban J connectivity index is 2.08. The molecular weight excluding hydrogens is 304 g/mol. The maximum absolute atomic E-state index is 11.4. The molecule has 4 nitrogen and oxygen atoms in total. The third kappa shape index (κ3) is 3.19. The van der Waals surface area contributed by atoms with Crippen LogP contribution in [0.2, 0.25) is 0 Å². The fourth-order valence-corrected chi connectivity index (χ4v) is 2.54. The lowest BCUT2D eigenvalue weighted by atomic mass is 9.85. The number of furan rings is 1. The van der Waals surface area contributed by atoms with Crippen LogP contribution < -0.4 is 4.74 Å². The number of hydrogen-bond donors (Lipinski definition) is 2. The van der Waals surface area contributed by atoms with Gasteiger partial charge < -0.3 is 19.4 Å². The van der Waals surface area contributed by atoms with Crippen LogP contribution >= 0.6 is 0 Å². The number of rotatable bonds is 5. The van der Waals surface area contributed by atoms with Gasteiger partial charge in [0.05, 0.1) is 13.4 Å². The first-order chi connectivity index (χ1) is 11.6. The minimum absolute atomic E-state index is 0.0887.